The highest BCUT2D eigenvalue weighted by atomic mass is 17.0. The van der Waals surface area contributed by atoms with E-state index in [0.717, 1.165) is 18.4 Å². The van der Waals surface area contributed by atoms with Gasteiger partial charge in [0.25, 0.3) is 0 Å². The van der Waals surface area contributed by atoms with Crippen molar-refractivity contribution < 1.29 is 57.0 Å². The van der Waals surface area contributed by atoms with Crippen LogP contribution in [0.15, 0.2) is 35.5 Å². The van der Waals surface area contributed by atoms with Gasteiger partial charge in [-0.3, -0.25) is 23.9 Å². The van der Waals surface area contributed by atoms with Crippen LogP contribution in [0.3, 0.4) is 0 Å². The number of carbonyl (C=O) groups excluding carboxylic acids is 3. The van der Waals surface area contributed by atoms with Crippen LogP contribution < -0.4 is 0 Å². The van der Waals surface area contributed by atoms with Crippen molar-refractivity contribution in [2.45, 2.75) is 176 Å². The third-order valence-electron chi connectivity index (χ3n) is 7.52. The maximum atomic E-state index is 10.7. The van der Waals surface area contributed by atoms with Gasteiger partial charge in [-0.25, -0.2) is 0 Å². The standard InChI is InChI=1S/C11H20O4.C8H17N.C7H10O4.C7H12O3.C7H14O.2C2H6.4CH4/c1-9(12)6-10(2)14-8-15-11(3,4)7-13-5;1-9(2)7-8-5-3-4-6-8;1-5(8)3-6(2)11-7-9-4-10-7;1-6(8)4-7(2)10-5-9-3;1-8-6-7-4-2-3-5-7;2*1-2;;;;/h6H,7-8H2,1-5H3;8H,3-7H2,1-2H3;3,7H,4H2,1-2H3;4H,5H2,1-3H3;7H,2-6H2,1H3;2*1-2H3;4*1H4/b10-6-;;6-3-;7-4-;;;;;;;. The zero-order chi connectivity index (χ0) is 44.7. The van der Waals surface area contributed by atoms with Crippen molar-refractivity contribution in [2.75, 3.05) is 75.6 Å². The molecule has 0 bridgehead atoms. The van der Waals surface area contributed by atoms with Gasteiger partial charge in [-0.05, 0) is 107 Å². The summed E-state index contributed by atoms with van der Waals surface area (Å²) < 4.78 is 44.7. The smallest absolute Gasteiger partial charge is 0.319 e. The van der Waals surface area contributed by atoms with Crippen molar-refractivity contribution in [3.05, 3.63) is 35.5 Å². The Balaban J connectivity index is -0.0000000935. The number of nitrogens with zero attached hydrogens (tertiary/aromatic N) is 1. The number of carbonyl (C=O) groups is 3. The summed E-state index contributed by atoms with van der Waals surface area (Å²) in [7, 11) is 9.27. The first-order chi connectivity index (χ1) is 26.9. The Morgan fingerprint density at radius 2 is 1.00 bits per heavy atom. The fourth-order valence-electron chi connectivity index (χ4n) is 5.26. The van der Waals surface area contributed by atoms with Crippen LogP contribution in [0.4, 0.5) is 0 Å². The first-order valence-corrected chi connectivity index (χ1v) is 20.4. The fraction of sp³-hybridized carbons (Fsp3) is 0.812. The van der Waals surface area contributed by atoms with Gasteiger partial charge in [0.15, 0.2) is 37.7 Å². The molecule has 3 aliphatic rings. The van der Waals surface area contributed by atoms with E-state index in [4.69, 9.17) is 37.9 Å². The molecule has 0 aromatic rings. The summed E-state index contributed by atoms with van der Waals surface area (Å²) in [4.78, 5) is 33.9. The third-order valence-corrected chi connectivity index (χ3v) is 7.52. The number of hydrogen-bond donors (Lipinski definition) is 0. The van der Waals surface area contributed by atoms with Crippen LogP contribution in [0.5, 0.6) is 0 Å². The van der Waals surface area contributed by atoms with Crippen LogP contribution in [0.2, 0.25) is 0 Å². The van der Waals surface area contributed by atoms with Crippen molar-refractivity contribution in [3.8, 4) is 0 Å². The molecule has 0 radical (unpaired) electrons. The normalized spacial score (nSPS) is 14.8. The Labute approximate surface area is 377 Å². The van der Waals surface area contributed by atoms with E-state index in [1.165, 1.54) is 104 Å². The first kappa shape index (κ1) is 75.7. The molecule has 0 unspecified atom stereocenters. The molecule has 13 heteroatoms. The van der Waals surface area contributed by atoms with Crippen LogP contribution in [-0.2, 0) is 57.0 Å². The highest BCUT2D eigenvalue weighted by Gasteiger charge is 2.20. The fourth-order valence-corrected chi connectivity index (χ4v) is 5.26. The molecule has 1 saturated heterocycles. The maximum Gasteiger partial charge on any atom is 0.319 e. The van der Waals surface area contributed by atoms with Crippen LogP contribution in [0, 0.1) is 11.8 Å². The molecule has 0 aromatic carbocycles. The molecule has 2 saturated carbocycles. The molecule has 0 atom stereocenters. The average molecular weight is 884 g/mol. The molecule has 2 aliphatic carbocycles. The van der Waals surface area contributed by atoms with E-state index in [-0.39, 0.29) is 73.0 Å². The Hall–Kier alpha value is -2.65. The topological polar surface area (TPSA) is 138 Å². The average Bonchev–Trinajstić information content (AvgIpc) is 3.82. The van der Waals surface area contributed by atoms with Crippen LogP contribution in [0.1, 0.15) is 164 Å². The molecule has 0 N–H and O–H groups in total. The monoisotopic (exact) mass is 884 g/mol. The molecule has 61 heavy (non-hydrogen) atoms. The summed E-state index contributed by atoms with van der Waals surface area (Å²) in [6.45, 7) is 24.0. The number of methoxy groups -OCH3 is 3. The van der Waals surface area contributed by atoms with Crippen molar-refractivity contribution in [1.82, 2.24) is 4.90 Å². The van der Waals surface area contributed by atoms with Crippen LogP contribution in [-0.4, -0.2) is 110 Å². The maximum absolute atomic E-state index is 10.7. The number of hydrogen-bond acceptors (Lipinski definition) is 13. The minimum Gasteiger partial charge on any atom is -0.472 e. The molecule has 3 fully saturated rings. The van der Waals surface area contributed by atoms with Crippen molar-refractivity contribution in [2.24, 2.45) is 11.8 Å². The Morgan fingerprint density at radius 3 is 1.33 bits per heavy atom. The van der Waals surface area contributed by atoms with Gasteiger partial charge in [0.05, 0.1) is 23.7 Å². The van der Waals surface area contributed by atoms with E-state index in [1.54, 1.807) is 35.0 Å². The van der Waals surface area contributed by atoms with Gasteiger partial charge in [0, 0.05) is 52.7 Å². The van der Waals surface area contributed by atoms with E-state index < -0.39 is 6.48 Å². The number of rotatable bonds is 18. The van der Waals surface area contributed by atoms with Crippen molar-refractivity contribution in [3.63, 3.8) is 0 Å². The van der Waals surface area contributed by atoms with Crippen molar-refractivity contribution in [1.29, 1.82) is 0 Å². The Bertz CT molecular complexity index is 1060. The quantitative estimate of drug-likeness (QED) is 0.0734. The highest BCUT2D eigenvalue weighted by Crippen LogP contribution is 2.25. The lowest BCUT2D eigenvalue weighted by Crippen LogP contribution is -2.32. The second-order valence-corrected chi connectivity index (χ2v) is 14.1. The first-order valence-electron chi connectivity index (χ1n) is 20.4. The van der Waals surface area contributed by atoms with Crippen LogP contribution in [0.25, 0.3) is 0 Å². The molecule has 370 valence electrons. The SMILES string of the molecule is C.C.C.C.CC.CC.CC(=O)/C=C(/C)OC1OCO1.CN(C)CC1CCCC1.COCC(C)(C)OCO/C(C)=C\C(C)=O.COCC1CCCC1.COCO/C(C)=C\C(C)=O. The molecule has 3 rings (SSSR count). The summed E-state index contributed by atoms with van der Waals surface area (Å²) in [6, 6.07) is 0. The van der Waals surface area contributed by atoms with Gasteiger partial charge in [0.2, 0.25) is 0 Å². The molecular weight excluding hydrogens is 783 g/mol. The van der Waals surface area contributed by atoms with Gasteiger partial charge in [0.1, 0.15) is 5.76 Å². The van der Waals surface area contributed by atoms with Crippen molar-refractivity contribution >= 4 is 17.3 Å². The van der Waals surface area contributed by atoms with Gasteiger partial charge >= 0.3 is 6.48 Å². The molecule has 1 heterocycles. The van der Waals surface area contributed by atoms with Gasteiger partial charge in [-0.2, -0.15) is 0 Å². The van der Waals surface area contributed by atoms with Crippen LogP contribution >= 0.6 is 0 Å². The largest absolute Gasteiger partial charge is 0.472 e. The van der Waals surface area contributed by atoms with Gasteiger partial charge in [-0.1, -0.05) is 83.1 Å². The van der Waals surface area contributed by atoms with E-state index in [9.17, 15) is 14.4 Å². The highest BCUT2D eigenvalue weighted by molar-refractivity contribution is 5.88. The summed E-state index contributed by atoms with van der Waals surface area (Å²) in [5.41, 5.74) is -0.384. The second kappa shape index (κ2) is 51.7. The van der Waals surface area contributed by atoms with Gasteiger partial charge < -0.3 is 38.1 Å². The predicted molar refractivity (Wildman–Crippen MR) is 255 cm³/mol. The number of allylic oxidation sites excluding steroid dienone is 6. The summed E-state index contributed by atoms with van der Waals surface area (Å²) in [6.07, 6.45) is 15.7. The summed E-state index contributed by atoms with van der Waals surface area (Å²) in [5.74, 6) is 3.42. The Morgan fingerprint density at radius 1 is 0.607 bits per heavy atom. The van der Waals surface area contributed by atoms with E-state index in [2.05, 4.69) is 23.7 Å². The van der Waals surface area contributed by atoms with E-state index in [0.29, 0.717) is 23.9 Å². The third kappa shape index (κ3) is 57.4. The van der Waals surface area contributed by atoms with E-state index in [1.807, 2.05) is 41.5 Å². The number of ketones is 3. The second-order valence-electron chi connectivity index (χ2n) is 14.1. The molecular formula is C48H101NO12. The van der Waals surface area contributed by atoms with Gasteiger partial charge in [-0.15, -0.1) is 0 Å². The lowest BCUT2D eigenvalue weighted by molar-refractivity contribution is -0.410. The summed E-state index contributed by atoms with van der Waals surface area (Å²) >= 11 is 0. The lowest BCUT2D eigenvalue weighted by atomic mass is 10.1. The summed E-state index contributed by atoms with van der Waals surface area (Å²) in [5, 5.41) is 0. The Kier molecular flexibility index (Phi) is 64.2. The minimum atomic E-state index is -0.620. The molecule has 13 nitrogen and oxygen atoms in total. The zero-order valence-electron chi connectivity index (χ0n) is 39.2. The van der Waals surface area contributed by atoms with E-state index >= 15 is 0 Å². The predicted octanol–water partition coefficient (Wildman–Crippen LogP) is 11.9. The molecule has 0 aromatic heterocycles. The molecule has 0 spiro atoms. The number of ether oxygens (including phenoxy) is 9. The minimum absolute atomic E-state index is 0. The lowest BCUT2D eigenvalue weighted by Gasteiger charge is -2.26. The zero-order valence-corrected chi connectivity index (χ0v) is 39.2. The molecule has 0 amide bonds. The molecule has 1 aliphatic heterocycles.